The zero-order chi connectivity index (χ0) is 18.4. The van der Waals surface area contributed by atoms with Crippen molar-refractivity contribution in [3.8, 4) is 17.4 Å². The van der Waals surface area contributed by atoms with Gasteiger partial charge in [0.15, 0.2) is 21.9 Å². The Bertz CT molecular complexity index is 877. The summed E-state index contributed by atoms with van der Waals surface area (Å²) in [7, 11) is 0. The van der Waals surface area contributed by atoms with Gasteiger partial charge in [0.1, 0.15) is 0 Å². The fourth-order valence-electron chi connectivity index (χ4n) is 2.20. The number of pyridine rings is 1. The van der Waals surface area contributed by atoms with Crippen LogP contribution in [0.1, 0.15) is 23.0 Å². The monoisotopic (exact) mass is 416 g/mol. The van der Waals surface area contributed by atoms with E-state index in [0.717, 1.165) is 5.56 Å². The van der Waals surface area contributed by atoms with Crippen molar-refractivity contribution in [3.05, 3.63) is 70.7 Å². The number of benzene rings is 1. The molecule has 1 aromatic carbocycles. The minimum Gasteiger partial charge on any atom is -0.490 e. The zero-order valence-electron chi connectivity index (χ0n) is 14.1. The highest BCUT2D eigenvalue weighted by Crippen LogP contribution is 2.30. The SMILES string of the molecule is CCOc1ccccc1Oc1ccc(CNC(=O)c2ccc(Br)o2)cn1. The van der Waals surface area contributed by atoms with Crippen LogP contribution in [0.5, 0.6) is 17.4 Å². The van der Waals surface area contributed by atoms with Gasteiger partial charge >= 0.3 is 0 Å². The second kappa shape index (κ2) is 8.53. The highest BCUT2D eigenvalue weighted by atomic mass is 79.9. The first-order valence-corrected chi connectivity index (χ1v) is 8.83. The van der Waals surface area contributed by atoms with Gasteiger partial charge in [0.05, 0.1) is 6.61 Å². The maximum Gasteiger partial charge on any atom is 0.287 e. The van der Waals surface area contributed by atoms with Gasteiger partial charge in [0.25, 0.3) is 5.91 Å². The average Bonchev–Trinajstić information content (AvgIpc) is 3.09. The lowest BCUT2D eigenvalue weighted by Crippen LogP contribution is -2.22. The van der Waals surface area contributed by atoms with Gasteiger partial charge in [-0.2, -0.15) is 0 Å². The summed E-state index contributed by atoms with van der Waals surface area (Å²) in [6.07, 6.45) is 1.65. The number of carbonyl (C=O) groups is 1. The van der Waals surface area contributed by atoms with Crippen LogP contribution in [0.25, 0.3) is 0 Å². The Morgan fingerprint density at radius 2 is 1.96 bits per heavy atom. The number of para-hydroxylation sites is 2. The Balaban J connectivity index is 1.59. The molecule has 2 heterocycles. The number of carbonyl (C=O) groups excluding carboxylic acids is 1. The summed E-state index contributed by atoms with van der Waals surface area (Å²) >= 11 is 3.17. The Hall–Kier alpha value is -2.80. The van der Waals surface area contributed by atoms with E-state index in [1.54, 1.807) is 24.4 Å². The molecule has 3 rings (SSSR count). The lowest BCUT2D eigenvalue weighted by molar-refractivity contribution is 0.0922. The molecule has 6 nitrogen and oxygen atoms in total. The first-order valence-electron chi connectivity index (χ1n) is 8.04. The Labute approximate surface area is 159 Å². The van der Waals surface area contributed by atoms with Gasteiger partial charge < -0.3 is 19.2 Å². The van der Waals surface area contributed by atoms with E-state index in [-0.39, 0.29) is 11.7 Å². The fraction of sp³-hybridized carbons (Fsp3) is 0.158. The number of ether oxygens (including phenoxy) is 2. The molecule has 0 aliphatic rings. The molecule has 1 amide bonds. The number of aromatic nitrogens is 1. The van der Waals surface area contributed by atoms with Gasteiger partial charge in [-0.05, 0) is 52.7 Å². The largest absolute Gasteiger partial charge is 0.490 e. The van der Waals surface area contributed by atoms with E-state index in [1.807, 2.05) is 37.3 Å². The zero-order valence-corrected chi connectivity index (χ0v) is 15.7. The number of nitrogens with zero attached hydrogens (tertiary/aromatic N) is 1. The highest BCUT2D eigenvalue weighted by molar-refractivity contribution is 9.10. The number of amides is 1. The summed E-state index contributed by atoms with van der Waals surface area (Å²) < 4.78 is 17.0. The molecule has 26 heavy (non-hydrogen) atoms. The number of hydrogen-bond donors (Lipinski definition) is 1. The molecule has 0 atom stereocenters. The average molecular weight is 417 g/mol. The third-order valence-corrected chi connectivity index (χ3v) is 3.84. The van der Waals surface area contributed by atoms with Crippen molar-refractivity contribution in [1.29, 1.82) is 0 Å². The first kappa shape index (κ1) is 18.0. The Kier molecular flexibility index (Phi) is 5.91. The predicted molar refractivity (Wildman–Crippen MR) is 99.5 cm³/mol. The van der Waals surface area contributed by atoms with Crippen LogP contribution in [0.15, 0.2) is 63.8 Å². The van der Waals surface area contributed by atoms with Crippen molar-refractivity contribution in [1.82, 2.24) is 10.3 Å². The molecular formula is C19H17BrN2O4. The van der Waals surface area contributed by atoms with Crippen molar-refractivity contribution in [2.24, 2.45) is 0 Å². The maximum absolute atomic E-state index is 12.0. The van der Waals surface area contributed by atoms with E-state index >= 15 is 0 Å². The van der Waals surface area contributed by atoms with E-state index in [0.29, 0.717) is 35.2 Å². The molecule has 0 spiro atoms. The molecular weight excluding hydrogens is 400 g/mol. The first-order chi connectivity index (χ1) is 12.7. The number of rotatable bonds is 7. The summed E-state index contributed by atoms with van der Waals surface area (Å²) in [5.41, 5.74) is 0.842. The number of hydrogen-bond acceptors (Lipinski definition) is 5. The van der Waals surface area contributed by atoms with Crippen molar-refractivity contribution in [3.63, 3.8) is 0 Å². The van der Waals surface area contributed by atoms with Crippen molar-refractivity contribution >= 4 is 21.8 Å². The van der Waals surface area contributed by atoms with E-state index in [4.69, 9.17) is 13.9 Å². The highest BCUT2D eigenvalue weighted by Gasteiger charge is 2.10. The summed E-state index contributed by atoms with van der Waals surface area (Å²) in [5, 5.41) is 2.77. The number of halogens is 1. The van der Waals surface area contributed by atoms with Gasteiger partial charge in [0.2, 0.25) is 5.88 Å². The van der Waals surface area contributed by atoms with Crippen LogP contribution < -0.4 is 14.8 Å². The maximum atomic E-state index is 12.0. The minimum absolute atomic E-state index is 0.248. The van der Waals surface area contributed by atoms with Crippen LogP contribution in [0.3, 0.4) is 0 Å². The van der Waals surface area contributed by atoms with Crippen molar-refractivity contribution in [2.45, 2.75) is 13.5 Å². The molecule has 0 fully saturated rings. The van der Waals surface area contributed by atoms with E-state index in [9.17, 15) is 4.79 Å². The van der Waals surface area contributed by atoms with Crippen LogP contribution >= 0.6 is 15.9 Å². The quantitative estimate of drug-likeness (QED) is 0.610. The molecule has 3 aromatic rings. The van der Waals surface area contributed by atoms with Crippen molar-refractivity contribution in [2.75, 3.05) is 6.61 Å². The molecule has 0 radical (unpaired) electrons. The summed E-state index contributed by atoms with van der Waals surface area (Å²) in [6.45, 7) is 2.80. The summed E-state index contributed by atoms with van der Waals surface area (Å²) in [5.74, 6) is 1.67. The van der Waals surface area contributed by atoms with Crippen LogP contribution in [-0.2, 0) is 6.54 Å². The van der Waals surface area contributed by atoms with E-state index < -0.39 is 0 Å². The van der Waals surface area contributed by atoms with Gasteiger partial charge in [0, 0.05) is 18.8 Å². The Morgan fingerprint density at radius 1 is 1.15 bits per heavy atom. The van der Waals surface area contributed by atoms with Crippen LogP contribution in [0.4, 0.5) is 0 Å². The number of furan rings is 1. The molecule has 7 heteroatoms. The molecule has 1 N–H and O–H groups in total. The Morgan fingerprint density at radius 3 is 2.62 bits per heavy atom. The standard InChI is InChI=1S/C19H17BrN2O4/c1-2-24-14-5-3-4-6-15(14)26-18-10-7-13(11-21-18)12-22-19(23)16-8-9-17(20)25-16/h3-11H,2,12H2,1H3,(H,22,23). The topological polar surface area (TPSA) is 73.6 Å². The second-order valence-electron chi connectivity index (χ2n) is 5.27. The molecule has 0 bridgehead atoms. The normalized spacial score (nSPS) is 10.4. The van der Waals surface area contributed by atoms with Gasteiger partial charge in [-0.3, -0.25) is 4.79 Å². The molecule has 0 aliphatic carbocycles. The fourth-order valence-corrected chi connectivity index (χ4v) is 2.51. The van der Waals surface area contributed by atoms with Crippen LogP contribution in [-0.4, -0.2) is 17.5 Å². The summed E-state index contributed by atoms with van der Waals surface area (Å²) in [6, 6.07) is 14.3. The second-order valence-corrected chi connectivity index (χ2v) is 6.05. The number of nitrogens with one attached hydrogen (secondary N) is 1. The van der Waals surface area contributed by atoms with Crippen LogP contribution in [0.2, 0.25) is 0 Å². The molecule has 0 saturated carbocycles. The van der Waals surface area contributed by atoms with Gasteiger partial charge in [-0.25, -0.2) is 4.98 Å². The third-order valence-electron chi connectivity index (χ3n) is 3.41. The molecule has 0 saturated heterocycles. The predicted octanol–water partition coefficient (Wildman–Crippen LogP) is 4.56. The molecule has 2 aromatic heterocycles. The lowest BCUT2D eigenvalue weighted by Gasteiger charge is -2.11. The lowest BCUT2D eigenvalue weighted by atomic mass is 10.3. The minimum atomic E-state index is -0.290. The molecule has 0 unspecified atom stereocenters. The smallest absolute Gasteiger partial charge is 0.287 e. The van der Waals surface area contributed by atoms with E-state index in [2.05, 4.69) is 26.2 Å². The molecule has 0 aliphatic heterocycles. The van der Waals surface area contributed by atoms with Gasteiger partial charge in [-0.15, -0.1) is 0 Å². The molecule has 134 valence electrons. The summed E-state index contributed by atoms with van der Waals surface area (Å²) in [4.78, 5) is 16.2. The third kappa shape index (κ3) is 4.64. The van der Waals surface area contributed by atoms with E-state index in [1.165, 1.54) is 0 Å². The van der Waals surface area contributed by atoms with Gasteiger partial charge in [-0.1, -0.05) is 18.2 Å². The van der Waals surface area contributed by atoms with Crippen LogP contribution in [0, 0.1) is 0 Å². The van der Waals surface area contributed by atoms with Crippen molar-refractivity contribution < 1.29 is 18.7 Å².